The van der Waals surface area contributed by atoms with E-state index in [1.54, 1.807) is 6.92 Å². The van der Waals surface area contributed by atoms with Crippen LogP contribution in [0.1, 0.15) is 98.3 Å². The molecule has 140 valence electrons. The Morgan fingerprint density at radius 2 is 1.42 bits per heavy atom. The van der Waals surface area contributed by atoms with Crippen LogP contribution in [-0.4, -0.2) is 53.8 Å². The number of unbranched alkanes of at least 4 members (excludes halogenated alkanes) is 3. The van der Waals surface area contributed by atoms with Gasteiger partial charge < -0.3 is 0 Å². The van der Waals surface area contributed by atoms with Crippen molar-refractivity contribution in [3.05, 3.63) is 0 Å². The van der Waals surface area contributed by atoms with Crippen molar-refractivity contribution in [3.8, 4) is 0 Å². The standard InChI is InChI=1S/C13H27.C7H12NO2.Sn/c1-4-7-10-13(11-8-5-2)12-9-6-3;1-6(9)8-4-2-7(10)3-5-8;/h4-12H2,1-3H3;10H,2-5H2,1H3;. The summed E-state index contributed by atoms with van der Waals surface area (Å²) in [5, 5.41) is 11.3. The fourth-order valence-electron chi connectivity index (χ4n) is 3.92. The van der Waals surface area contributed by atoms with Crippen LogP contribution in [0.4, 0.5) is 0 Å². The molecule has 1 aliphatic rings. The van der Waals surface area contributed by atoms with Gasteiger partial charge in [-0.1, -0.05) is 0 Å². The zero-order valence-electron chi connectivity index (χ0n) is 16.5. The van der Waals surface area contributed by atoms with E-state index in [1.165, 1.54) is 57.8 Å². The van der Waals surface area contributed by atoms with Gasteiger partial charge in [0, 0.05) is 0 Å². The number of nitrogens with zero attached hydrogens (tertiary/aromatic N) is 1. The number of hydrogen-bond acceptors (Lipinski definition) is 2. The zero-order chi connectivity index (χ0) is 18.1. The van der Waals surface area contributed by atoms with Crippen molar-refractivity contribution in [2.75, 3.05) is 13.1 Å². The molecule has 0 aromatic carbocycles. The summed E-state index contributed by atoms with van der Waals surface area (Å²) >= 11 is -0.962. The van der Waals surface area contributed by atoms with Crippen molar-refractivity contribution in [1.29, 1.82) is 0 Å². The number of hydrogen-bond donors (Lipinski definition) is 1. The van der Waals surface area contributed by atoms with Crippen molar-refractivity contribution < 1.29 is 9.90 Å². The van der Waals surface area contributed by atoms with Gasteiger partial charge in [-0.25, -0.2) is 0 Å². The van der Waals surface area contributed by atoms with E-state index in [0.29, 0.717) is 3.43 Å². The topological polar surface area (TPSA) is 40.5 Å². The van der Waals surface area contributed by atoms with Crippen LogP contribution >= 0.6 is 0 Å². The number of carbonyl (C=O) groups is 1. The van der Waals surface area contributed by atoms with Gasteiger partial charge in [-0.2, -0.15) is 0 Å². The number of likely N-dealkylation sites (tertiary alicyclic amines) is 1. The number of carbonyl (C=O) groups excluding carboxylic acids is 1. The van der Waals surface area contributed by atoms with Gasteiger partial charge in [0.2, 0.25) is 0 Å². The first-order chi connectivity index (χ1) is 11.4. The second-order valence-corrected chi connectivity index (χ2v) is 14.2. The van der Waals surface area contributed by atoms with E-state index in [-0.39, 0.29) is 5.91 Å². The summed E-state index contributed by atoms with van der Waals surface area (Å²) in [6.45, 7) is 10.0. The average Bonchev–Trinajstić information content (AvgIpc) is 2.56. The molecule has 0 saturated carbocycles. The molecule has 1 rings (SSSR count). The molecule has 2 radical (unpaired) electrons. The molecule has 1 saturated heterocycles. The molecule has 0 spiro atoms. The van der Waals surface area contributed by atoms with Gasteiger partial charge in [0.25, 0.3) is 0 Å². The van der Waals surface area contributed by atoms with E-state index in [2.05, 4.69) is 20.8 Å². The number of piperidine rings is 1. The summed E-state index contributed by atoms with van der Waals surface area (Å²) in [7, 11) is 0. The van der Waals surface area contributed by atoms with Gasteiger partial charge in [0.15, 0.2) is 0 Å². The Balaban J connectivity index is 2.81. The Bertz CT molecular complexity index is 343. The predicted octanol–water partition coefficient (Wildman–Crippen LogP) is 4.75. The van der Waals surface area contributed by atoms with Crippen LogP contribution in [0.3, 0.4) is 0 Å². The van der Waals surface area contributed by atoms with E-state index < -0.39 is 24.8 Å². The molecule has 0 aliphatic carbocycles. The molecule has 3 nitrogen and oxygen atoms in total. The Morgan fingerprint density at radius 3 is 1.75 bits per heavy atom. The molecule has 0 bridgehead atoms. The van der Waals surface area contributed by atoms with Crippen LogP contribution in [0.5, 0.6) is 0 Å². The molecule has 1 amide bonds. The molecule has 1 fully saturated rings. The molecule has 0 atom stereocenters. The van der Waals surface area contributed by atoms with Crippen LogP contribution < -0.4 is 0 Å². The number of rotatable bonds is 11. The molecule has 0 unspecified atom stereocenters. The number of amides is 1. The molecule has 0 aromatic rings. The fourth-order valence-corrected chi connectivity index (χ4v) is 10.7. The van der Waals surface area contributed by atoms with E-state index in [9.17, 15) is 9.90 Å². The second kappa shape index (κ2) is 11.1. The van der Waals surface area contributed by atoms with E-state index in [0.717, 1.165) is 25.9 Å². The third-order valence-corrected chi connectivity index (χ3v) is 12.0. The molecule has 1 aliphatic heterocycles. The monoisotopic (exact) mass is 445 g/mol. The summed E-state index contributed by atoms with van der Waals surface area (Å²) in [4.78, 5) is 13.5. The van der Waals surface area contributed by atoms with Crippen molar-refractivity contribution in [2.24, 2.45) is 0 Å². The summed E-state index contributed by atoms with van der Waals surface area (Å²) in [5.74, 6) is 0.164. The molecule has 4 heteroatoms. The maximum atomic E-state index is 11.6. The van der Waals surface area contributed by atoms with Gasteiger partial charge in [-0.15, -0.1) is 0 Å². The van der Waals surface area contributed by atoms with Crippen LogP contribution in [0, 0.1) is 0 Å². The van der Waals surface area contributed by atoms with Crippen molar-refractivity contribution in [2.45, 2.75) is 105 Å². The quantitative estimate of drug-likeness (QED) is 0.468. The van der Waals surface area contributed by atoms with E-state index >= 15 is 0 Å². The Kier molecular flexibility index (Phi) is 10.3. The first-order valence-electron chi connectivity index (χ1n) is 10.2. The summed E-state index contributed by atoms with van der Waals surface area (Å²) in [5.41, 5.74) is 0. The Morgan fingerprint density at radius 1 is 1.00 bits per heavy atom. The SMILES string of the molecule is CCCC[C](CCCC)(CCCC)[Sn][C]1(O)CCN(C(C)=O)CC1. The van der Waals surface area contributed by atoms with Crippen LogP contribution in [-0.2, 0) is 4.79 Å². The molecule has 24 heavy (non-hydrogen) atoms. The zero-order valence-corrected chi connectivity index (χ0v) is 19.3. The maximum absolute atomic E-state index is 11.6. The van der Waals surface area contributed by atoms with Crippen molar-refractivity contribution in [3.63, 3.8) is 0 Å². The van der Waals surface area contributed by atoms with Gasteiger partial charge in [-0.05, 0) is 0 Å². The summed E-state index contributed by atoms with van der Waals surface area (Å²) in [6.07, 6.45) is 13.3. The Labute approximate surface area is 160 Å². The third-order valence-electron chi connectivity index (χ3n) is 5.56. The minimum absolute atomic E-state index is 0.164. The summed E-state index contributed by atoms with van der Waals surface area (Å²) in [6, 6.07) is 0. The van der Waals surface area contributed by atoms with Crippen molar-refractivity contribution >= 4 is 27.0 Å². The molecular weight excluding hydrogens is 405 g/mol. The second-order valence-electron chi connectivity index (χ2n) is 7.75. The average molecular weight is 444 g/mol. The normalized spacial score (nSPS) is 18.0. The Hall–Kier alpha value is 0.229. The summed E-state index contributed by atoms with van der Waals surface area (Å²) < 4.78 is 0.0725. The van der Waals surface area contributed by atoms with E-state index in [4.69, 9.17) is 0 Å². The number of aliphatic hydroxyl groups is 1. The van der Waals surface area contributed by atoms with Gasteiger partial charge >= 0.3 is 160 Å². The van der Waals surface area contributed by atoms with Crippen LogP contribution in [0.25, 0.3) is 0 Å². The molecule has 1 heterocycles. The van der Waals surface area contributed by atoms with Gasteiger partial charge in [-0.3, -0.25) is 0 Å². The van der Waals surface area contributed by atoms with Gasteiger partial charge in [0.05, 0.1) is 0 Å². The first kappa shape index (κ1) is 22.3. The predicted molar refractivity (Wildman–Crippen MR) is 103 cm³/mol. The van der Waals surface area contributed by atoms with E-state index in [1.807, 2.05) is 4.90 Å². The van der Waals surface area contributed by atoms with Crippen molar-refractivity contribution in [1.82, 2.24) is 4.90 Å². The molecule has 1 N–H and O–H groups in total. The third kappa shape index (κ3) is 7.23. The minimum atomic E-state index is -0.962. The first-order valence-corrected chi connectivity index (χ1v) is 13.0. The van der Waals surface area contributed by atoms with Gasteiger partial charge in [0.1, 0.15) is 0 Å². The molecule has 0 aromatic heterocycles. The van der Waals surface area contributed by atoms with Crippen LogP contribution in [0.15, 0.2) is 0 Å². The van der Waals surface area contributed by atoms with Crippen LogP contribution in [0.2, 0.25) is 3.43 Å². The molecular formula is C20H39NO2Sn. The fraction of sp³-hybridized carbons (Fsp3) is 0.950.